The predicted molar refractivity (Wildman–Crippen MR) is 123 cm³/mol. The molecule has 1 aliphatic carbocycles. The molecule has 0 radical (unpaired) electrons. The van der Waals surface area contributed by atoms with Crippen LogP contribution in [-0.4, -0.2) is 55.6 Å². The van der Waals surface area contributed by atoms with Gasteiger partial charge in [0.05, 0.1) is 10.9 Å². The van der Waals surface area contributed by atoms with Gasteiger partial charge in [-0.25, -0.2) is 8.42 Å². The van der Waals surface area contributed by atoms with Crippen molar-refractivity contribution < 1.29 is 22.4 Å². The highest BCUT2D eigenvalue weighted by Crippen LogP contribution is 2.42. The number of aryl methyl sites for hydroxylation is 1. The van der Waals surface area contributed by atoms with Crippen LogP contribution in [-0.2, 0) is 21.2 Å². The fraction of sp³-hybridized carbons (Fsp3) is 0.500. The largest absolute Gasteiger partial charge is 0.466 e. The number of carbonyl (C=O) groups excluding carboxylic acids is 2. The van der Waals surface area contributed by atoms with Crippen molar-refractivity contribution in [2.45, 2.75) is 51.5 Å². The van der Waals surface area contributed by atoms with E-state index in [1.165, 1.54) is 23.4 Å². The summed E-state index contributed by atoms with van der Waals surface area (Å²) in [7, 11) is -3.76. The number of nitrogens with one attached hydrogen (secondary N) is 1. The third-order valence-electron chi connectivity index (χ3n) is 6.46. The van der Waals surface area contributed by atoms with Crippen molar-refractivity contribution >= 4 is 21.8 Å². The molecule has 2 aliphatic rings. The molecule has 1 unspecified atom stereocenters. The number of amides is 2. The third kappa shape index (κ3) is 4.84. The van der Waals surface area contributed by atoms with Crippen molar-refractivity contribution in [1.82, 2.24) is 14.5 Å². The first kappa shape index (κ1) is 23.5. The molecule has 0 spiro atoms. The lowest BCUT2D eigenvalue weighted by Crippen LogP contribution is -2.49. The van der Waals surface area contributed by atoms with Crippen LogP contribution in [0.2, 0.25) is 0 Å². The minimum Gasteiger partial charge on any atom is -0.466 e. The molecular weight excluding hydrogens is 442 g/mol. The molecule has 33 heavy (non-hydrogen) atoms. The lowest BCUT2D eigenvalue weighted by Gasteiger charge is -2.34. The van der Waals surface area contributed by atoms with E-state index in [0.717, 1.165) is 29.9 Å². The maximum Gasteiger partial charge on any atom is 0.251 e. The van der Waals surface area contributed by atoms with E-state index in [1.807, 2.05) is 13.0 Å². The average Bonchev–Trinajstić information content (AvgIpc) is 3.12. The zero-order valence-electron chi connectivity index (χ0n) is 19.6. The summed E-state index contributed by atoms with van der Waals surface area (Å²) in [6.45, 7) is 8.85. The van der Waals surface area contributed by atoms with Crippen LogP contribution in [0.1, 0.15) is 60.7 Å². The standard InChI is InChI=1S/C24H31N3O5S/c1-16-12-20-21(14-24(3,4)15-22(20)32-16)25-23(29)18-6-5-7-19(13-18)33(30,31)27-10-8-26(9-11-27)17(2)28/h5-7,12-13,21H,8-11,14-15H2,1-4H3,(H,25,29). The van der Waals surface area contributed by atoms with Gasteiger partial charge in [-0.1, -0.05) is 19.9 Å². The molecule has 8 nitrogen and oxygen atoms in total. The summed E-state index contributed by atoms with van der Waals surface area (Å²) in [4.78, 5) is 26.4. The highest BCUT2D eigenvalue weighted by atomic mass is 32.2. The molecule has 1 aromatic carbocycles. The lowest BCUT2D eigenvalue weighted by molar-refractivity contribution is -0.129. The van der Waals surface area contributed by atoms with Gasteiger partial charge in [0.2, 0.25) is 15.9 Å². The fourth-order valence-electron chi connectivity index (χ4n) is 4.75. The molecule has 0 saturated carbocycles. The van der Waals surface area contributed by atoms with Crippen molar-refractivity contribution in [3.63, 3.8) is 0 Å². The Labute approximate surface area is 195 Å². The minimum absolute atomic E-state index is 0.0254. The molecule has 0 bridgehead atoms. The van der Waals surface area contributed by atoms with Crippen LogP contribution in [0.15, 0.2) is 39.6 Å². The van der Waals surface area contributed by atoms with Gasteiger partial charge in [-0.05, 0) is 43.0 Å². The zero-order valence-corrected chi connectivity index (χ0v) is 20.4. The fourth-order valence-corrected chi connectivity index (χ4v) is 6.21. The molecule has 1 atom stereocenters. The predicted octanol–water partition coefficient (Wildman–Crippen LogP) is 2.88. The Hall–Kier alpha value is -2.65. The molecule has 1 N–H and O–H groups in total. The summed E-state index contributed by atoms with van der Waals surface area (Å²) in [6.07, 6.45) is 1.58. The molecule has 2 heterocycles. The first-order valence-electron chi connectivity index (χ1n) is 11.2. The summed E-state index contributed by atoms with van der Waals surface area (Å²) >= 11 is 0. The maximum absolute atomic E-state index is 13.2. The molecule has 1 aromatic heterocycles. The van der Waals surface area contributed by atoms with Crippen LogP contribution in [0, 0.1) is 12.3 Å². The Kier molecular flexibility index (Phi) is 6.13. The van der Waals surface area contributed by atoms with Crippen molar-refractivity contribution in [3.8, 4) is 0 Å². The van der Waals surface area contributed by atoms with E-state index in [9.17, 15) is 18.0 Å². The first-order chi connectivity index (χ1) is 15.5. The number of hydrogen-bond acceptors (Lipinski definition) is 5. The maximum atomic E-state index is 13.2. The monoisotopic (exact) mass is 473 g/mol. The van der Waals surface area contributed by atoms with Crippen LogP contribution in [0.4, 0.5) is 0 Å². The van der Waals surface area contributed by atoms with E-state index in [0.29, 0.717) is 18.7 Å². The topological polar surface area (TPSA) is 99.9 Å². The Morgan fingerprint density at radius 2 is 1.82 bits per heavy atom. The van der Waals surface area contributed by atoms with Gasteiger partial charge in [0.15, 0.2) is 0 Å². The molecule has 9 heteroatoms. The van der Waals surface area contributed by atoms with Crippen LogP contribution in [0.3, 0.4) is 0 Å². The molecule has 2 aromatic rings. The normalized spacial score (nSPS) is 20.8. The highest BCUT2D eigenvalue weighted by Gasteiger charge is 2.36. The number of nitrogens with zero attached hydrogens (tertiary/aromatic N) is 2. The second-order valence-electron chi connectivity index (χ2n) is 9.74. The van der Waals surface area contributed by atoms with Gasteiger partial charge in [0.25, 0.3) is 5.91 Å². The number of carbonyl (C=O) groups is 2. The highest BCUT2D eigenvalue weighted by molar-refractivity contribution is 7.89. The Morgan fingerprint density at radius 1 is 1.12 bits per heavy atom. The Balaban J connectivity index is 1.52. The summed E-state index contributed by atoms with van der Waals surface area (Å²) in [6, 6.07) is 7.91. The van der Waals surface area contributed by atoms with E-state index in [2.05, 4.69) is 19.2 Å². The number of rotatable bonds is 4. The van der Waals surface area contributed by atoms with Crippen LogP contribution in [0.25, 0.3) is 0 Å². The third-order valence-corrected chi connectivity index (χ3v) is 8.35. The summed E-state index contributed by atoms with van der Waals surface area (Å²) < 4.78 is 33.5. The van der Waals surface area contributed by atoms with E-state index in [-0.39, 0.29) is 41.3 Å². The van der Waals surface area contributed by atoms with E-state index < -0.39 is 10.0 Å². The van der Waals surface area contributed by atoms with E-state index in [4.69, 9.17) is 4.42 Å². The summed E-state index contributed by atoms with van der Waals surface area (Å²) in [5, 5.41) is 3.09. The van der Waals surface area contributed by atoms with Crippen molar-refractivity contribution in [1.29, 1.82) is 0 Å². The number of sulfonamides is 1. The number of hydrogen-bond donors (Lipinski definition) is 1. The summed E-state index contributed by atoms with van der Waals surface area (Å²) in [5.41, 5.74) is 1.26. The SMILES string of the molecule is CC(=O)N1CCN(S(=O)(=O)c2cccc(C(=O)NC3CC(C)(C)Cc4oc(C)cc43)c2)CC1. The van der Waals surface area contributed by atoms with Crippen LogP contribution >= 0.6 is 0 Å². The molecule has 1 saturated heterocycles. The van der Waals surface area contributed by atoms with Gasteiger partial charge in [-0.15, -0.1) is 0 Å². The van der Waals surface area contributed by atoms with Gasteiger partial charge in [-0.2, -0.15) is 4.31 Å². The Bertz CT molecular complexity index is 1180. The van der Waals surface area contributed by atoms with E-state index >= 15 is 0 Å². The number of fused-ring (bicyclic) bond motifs is 1. The van der Waals surface area contributed by atoms with Crippen molar-refractivity contribution in [2.24, 2.45) is 5.41 Å². The van der Waals surface area contributed by atoms with Gasteiger partial charge >= 0.3 is 0 Å². The molecule has 4 rings (SSSR count). The minimum atomic E-state index is -3.76. The summed E-state index contributed by atoms with van der Waals surface area (Å²) in [5.74, 6) is 1.33. The average molecular weight is 474 g/mol. The second kappa shape index (κ2) is 8.61. The van der Waals surface area contributed by atoms with Gasteiger partial charge in [0.1, 0.15) is 11.5 Å². The van der Waals surface area contributed by atoms with Crippen LogP contribution < -0.4 is 5.32 Å². The van der Waals surface area contributed by atoms with Crippen molar-refractivity contribution in [3.05, 3.63) is 53.0 Å². The Morgan fingerprint density at radius 3 is 2.48 bits per heavy atom. The zero-order chi connectivity index (χ0) is 24.0. The quantitative estimate of drug-likeness (QED) is 0.736. The van der Waals surface area contributed by atoms with Crippen molar-refractivity contribution in [2.75, 3.05) is 26.2 Å². The lowest BCUT2D eigenvalue weighted by atomic mass is 9.74. The molecule has 178 valence electrons. The van der Waals surface area contributed by atoms with Gasteiger partial charge in [-0.3, -0.25) is 9.59 Å². The smallest absolute Gasteiger partial charge is 0.251 e. The molecule has 1 aliphatic heterocycles. The number of piperazine rings is 1. The number of benzene rings is 1. The van der Waals surface area contributed by atoms with Gasteiger partial charge in [0, 0.05) is 50.7 Å². The molecule has 1 fully saturated rings. The molecular formula is C24H31N3O5S. The van der Waals surface area contributed by atoms with E-state index in [1.54, 1.807) is 17.0 Å². The van der Waals surface area contributed by atoms with Gasteiger partial charge < -0.3 is 14.6 Å². The second-order valence-corrected chi connectivity index (χ2v) is 11.7. The number of furan rings is 1. The first-order valence-corrected chi connectivity index (χ1v) is 12.7. The molecule has 2 amide bonds. The van der Waals surface area contributed by atoms with Crippen LogP contribution in [0.5, 0.6) is 0 Å².